The third kappa shape index (κ3) is 3.16. The summed E-state index contributed by atoms with van der Waals surface area (Å²) in [4.78, 5) is 12.1. The number of carbonyl (C=O) groups excluding carboxylic acids is 1. The Balaban J connectivity index is 2.26. The maximum atomic E-state index is 12.1. The van der Waals surface area contributed by atoms with Gasteiger partial charge in [0, 0.05) is 18.8 Å². The molecule has 0 aliphatic heterocycles. The highest BCUT2D eigenvalue weighted by Gasteiger charge is 2.34. The summed E-state index contributed by atoms with van der Waals surface area (Å²) in [6.45, 7) is 4.60. The highest BCUT2D eigenvalue weighted by Crippen LogP contribution is 2.29. The van der Waals surface area contributed by atoms with E-state index in [1.54, 1.807) is 4.57 Å². The maximum Gasteiger partial charge on any atom is 0.268 e. The molecule has 0 saturated heterocycles. The summed E-state index contributed by atoms with van der Waals surface area (Å²) in [7, 11) is -3.78. The first-order valence-corrected chi connectivity index (χ1v) is 7.91. The van der Waals surface area contributed by atoms with Gasteiger partial charge in [0.1, 0.15) is 10.6 Å². The van der Waals surface area contributed by atoms with Crippen LogP contribution >= 0.6 is 0 Å². The fourth-order valence-corrected chi connectivity index (χ4v) is 2.57. The number of nitrogens with one attached hydrogen (secondary N) is 1. The summed E-state index contributed by atoms with van der Waals surface area (Å²) in [5.41, 5.74) is 0.352. The highest BCUT2D eigenvalue weighted by atomic mass is 32.2. The van der Waals surface area contributed by atoms with Crippen molar-refractivity contribution < 1.29 is 13.2 Å². The van der Waals surface area contributed by atoms with E-state index in [1.165, 1.54) is 12.3 Å². The predicted octanol–water partition coefficient (Wildman–Crippen LogP) is 0.684. The van der Waals surface area contributed by atoms with Crippen molar-refractivity contribution in [3.05, 3.63) is 18.0 Å². The second-order valence-corrected chi connectivity index (χ2v) is 6.65. The van der Waals surface area contributed by atoms with Crippen LogP contribution in [0, 0.1) is 5.92 Å². The molecule has 2 atom stereocenters. The number of primary sulfonamides is 1. The number of hydrogen-bond acceptors (Lipinski definition) is 3. The van der Waals surface area contributed by atoms with Crippen LogP contribution in [0.1, 0.15) is 37.2 Å². The molecule has 6 nitrogen and oxygen atoms in total. The second kappa shape index (κ2) is 4.97. The predicted molar refractivity (Wildman–Crippen MR) is 71.1 cm³/mol. The number of amides is 1. The molecule has 106 valence electrons. The number of nitrogens with zero attached hydrogens (tertiary/aromatic N) is 1. The van der Waals surface area contributed by atoms with Gasteiger partial charge in [-0.15, -0.1) is 0 Å². The van der Waals surface area contributed by atoms with Gasteiger partial charge in [-0.25, -0.2) is 13.6 Å². The van der Waals surface area contributed by atoms with Crippen LogP contribution in [0.5, 0.6) is 0 Å². The molecule has 1 aliphatic rings. The van der Waals surface area contributed by atoms with Crippen molar-refractivity contribution >= 4 is 15.9 Å². The van der Waals surface area contributed by atoms with Crippen LogP contribution in [0.15, 0.2) is 17.2 Å². The summed E-state index contributed by atoms with van der Waals surface area (Å²) in [6, 6.07) is 1.54. The molecule has 1 heterocycles. The SMILES string of the molecule is CCCn1cc(S(N)(=O)=O)cc1C(=O)NC1CC1C. The minimum absolute atomic E-state index is 0.0186. The highest BCUT2D eigenvalue weighted by molar-refractivity contribution is 7.89. The van der Waals surface area contributed by atoms with Crippen molar-refractivity contribution in [2.75, 3.05) is 0 Å². The third-order valence-electron chi connectivity index (χ3n) is 3.32. The Morgan fingerprint density at radius 3 is 2.68 bits per heavy atom. The standard InChI is InChI=1S/C12H19N3O3S/c1-3-4-15-7-9(19(13,17)18)6-11(15)12(16)14-10-5-8(10)2/h6-8,10H,3-5H2,1-2H3,(H,14,16)(H2,13,17,18). The Hall–Kier alpha value is -1.34. The molecule has 2 rings (SSSR count). The summed E-state index contributed by atoms with van der Waals surface area (Å²) in [5, 5.41) is 7.99. The summed E-state index contributed by atoms with van der Waals surface area (Å²) >= 11 is 0. The lowest BCUT2D eigenvalue weighted by atomic mass is 10.3. The Bertz CT molecular complexity index is 591. The minimum atomic E-state index is -3.78. The zero-order valence-electron chi connectivity index (χ0n) is 11.1. The molecule has 19 heavy (non-hydrogen) atoms. The second-order valence-electron chi connectivity index (χ2n) is 5.09. The van der Waals surface area contributed by atoms with Gasteiger partial charge in [0.05, 0.1) is 0 Å². The van der Waals surface area contributed by atoms with Crippen molar-refractivity contribution in [2.24, 2.45) is 11.1 Å². The van der Waals surface area contributed by atoms with Crippen molar-refractivity contribution in [1.82, 2.24) is 9.88 Å². The quantitative estimate of drug-likeness (QED) is 0.833. The van der Waals surface area contributed by atoms with Crippen molar-refractivity contribution in [3.63, 3.8) is 0 Å². The lowest BCUT2D eigenvalue weighted by Gasteiger charge is -2.07. The van der Waals surface area contributed by atoms with Crippen molar-refractivity contribution in [1.29, 1.82) is 0 Å². The molecule has 1 amide bonds. The lowest BCUT2D eigenvalue weighted by molar-refractivity contribution is 0.0940. The van der Waals surface area contributed by atoms with Crippen LogP contribution in [-0.4, -0.2) is 24.9 Å². The van der Waals surface area contributed by atoms with Gasteiger partial charge in [0.2, 0.25) is 10.0 Å². The van der Waals surface area contributed by atoms with Crippen LogP contribution in [0.2, 0.25) is 0 Å². The number of hydrogen-bond donors (Lipinski definition) is 2. The number of rotatable bonds is 5. The van der Waals surface area contributed by atoms with Gasteiger partial charge in [-0.2, -0.15) is 0 Å². The average molecular weight is 285 g/mol. The Morgan fingerprint density at radius 1 is 1.58 bits per heavy atom. The van der Waals surface area contributed by atoms with Crippen LogP contribution in [0.25, 0.3) is 0 Å². The van der Waals surface area contributed by atoms with E-state index in [9.17, 15) is 13.2 Å². The zero-order chi connectivity index (χ0) is 14.2. The topological polar surface area (TPSA) is 94.2 Å². The van der Waals surface area contributed by atoms with Gasteiger partial charge < -0.3 is 9.88 Å². The lowest BCUT2D eigenvalue weighted by Crippen LogP contribution is -2.28. The molecule has 0 aromatic carbocycles. The minimum Gasteiger partial charge on any atom is -0.348 e. The Kier molecular flexibility index (Phi) is 3.69. The number of aryl methyl sites for hydroxylation is 1. The van der Waals surface area contributed by atoms with Crippen molar-refractivity contribution in [3.8, 4) is 0 Å². The normalized spacial score (nSPS) is 22.3. The molecule has 7 heteroatoms. The van der Waals surface area contributed by atoms with Crippen LogP contribution in [0.4, 0.5) is 0 Å². The molecule has 1 aromatic rings. The van der Waals surface area contributed by atoms with E-state index in [0.29, 0.717) is 18.2 Å². The van der Waals surface area contributed by atoms with Gasteiger partial charge >= 0.3 is 0 Å². The molecule has 0 bridgehead atoms. The molecule has 1 aromatic heterocycles. The van der Waals surface area contributed by atoms with Crippen LogP contribution in [0.3, 0.4) is 0 Å². The third-order valence-corrected chi connectivity index (χ3v) is 4.20. The van der Waals surface area contributed by atoms with E-state index in [0.717, 1.165) is 12.8 Å². The van der Waals surface area contributed by atoms with Crippen LogP contribution < -0.4 is 10.5 Å². The van der Waals surface area contributed by atoms with E-state index in [-0.39, 0.29) is 16.8 Å². The van der Waals surface area contributed by atoms with Gasteiger partial charge in [-0.05, 0) is 24.8 Å². The van der Waals surface area contributed by atoms with E-state index < -0.39 is 10.0 Å². The number of sulfonamides is 1. The zero-order valence-corrected chi connectivity index (χ0v) is 11.9. The van der Waals surface area contributed by atoms with Gasteiger partial charge in [0.25, 0.3) is 5.91 Å². The number of carbonyl (C=O) groups is 1. The average Bonchev–Trinajstić information content (AvgIpc) is 2.82. The summed E-state index contributed by atoms with van der Waals surface area (Å²) in [5.74, 6) is 0.258. The molecule has 0 radical (unpaired) electrons. The molecule has 3 N–H and O–H groups in total. The first kappa shape index (κ1) is 14.1. The molecule has 0 spiro atoms. The summed E-state index contributed by atoms with van der Waals surface area (Å²) < 4.78 is 24.3. The van der Waals surface area contributed by atoms with Gasteiger partial charge in [-0.3, -0.25) is 4.79 Å². The molecule has 2 unspecified atom stereocenters. The largest absolute Gasteiger partial charge is 0.348 e. The Labute approximate surface area is 113 Å². The molecule has 1 saturated carbocycles. The first-order chi connectivity index (χ1) is 8.82. The molecular weight excluding hydrogens is 266 g/mol. The number of aromatic nitrogens is 1. The molecule has 1 aliphatic carbocycles. The van der Waals surface area contributed by atoms with Gasteiger partial charge in [0.15, 0.2) is 0 Å². The number of nitrogens with two attached hydrogens (primary N) is 1. The van der Waals surface area contributed by atoms with E-state index in [4.69, 9.17) is 5.14 Å². The molecular formula is C12H19N3O3S. The maximum absolute atomic E-state index is 12.1. The van der Waals surface area contributed by atoms with Gasteiger partial charge in [-0.1, -0.05) is 13.8 Å². The fraction of sp³-hybridized carbons (Fsp3) is 0.583. The molecule has 1 fully saturated rings. The van der Waals surface area contributed by atoms with E-state index in [2.05, 4.69) is 12.2 Å². The monoisotopic (exact) mass is 285 g/mol. The first-order valence-electron chi connectivity index (χ1n) is 6.36. The van der Waals surface area contributed by atoms with E-state index in [1.807, 2.05) is 6.92 Å². The Morgan fingerprint density at radius 2 is 2.21 bits per heavy atom. The smallest absolute Gasteiger partial charge is 0.268 e. The van der Waals surface area contributed by atoms with Crippen molar-refractivity contribution in [2.45, 2.75) is 44.2 Å². The van der Waals surface area contributed by atoms with Crippen LogP contribution in [-0.2, 0) is 16.6 Å². The fourth-order valence-electron chi connectivity index (χ4n) is 2.02. The summed E-state index contributed by atoms with van der Waals surface area (Å²) in [6.07, 6.45) is 3.20. The van der Waals surface area contributed by atoms with E-state index >= 15 is 0 Å².